The first-order valence-corrected chi connectivity index (χ1v) is 11.1. The van der Waals surface area contributed by atoms with E-state index in [0.29, 0.717) is 12.8 Å². The van der Waals surface area contributed by atoms with Crippen molar-refractivity contribution in [2.24, 2.45) is 11.7 Å². The molecule has 0 aliphatic carbocycles. The molecule has 0 aromatic carbocycles. The Kier molecular flexibility index (Phi) is 12.3. The van der Waals surface area contributed by atoms with Crippen LogP contribution in [-0.4, -0.2) is 60.0 Å². The highest BCUT2D eigenvalue weighted by molar-refractivity contribution is 5.94. The Morgan fingerprint density at radius 1 is 0.848 bits per heavy atom. The number of carbonyl (C=O) groups excluding carboxylic acids is 5. The van der Waals surface area contributed by atoms with Crippen molar-refractivity contribution in [1.82, 2.24) is 5.32 Å². The van der Waals surface area contributed by atoms with E-state index in [1.165, 1.54) is 7.11 Å². The van der Waals surface area contributed by atoms with Crippen LogP contribution in [0.5, 0.6) is 0 Å². The second kappa shape index (κ2) is 13.3. The second-order valence-electron chi connectivity index (χ2n) is 9.93. The Morgan fingerprint density at radius 3 is 1.76 bits per heavy atom. The number of amides is 1. The number of Topliss-reactive ketones (excluding diaryl/α,β-unsaturated/α-hetero) is 1. The highest BCUT2D eigenvalue weighted by Gasteiger charge is 2.32. The van der Waals surface area contributed by atoms with Crippen molar-refractivity contribution < 1.29 is 38.2 Å². The van der Waals surface area contributed by atoms with Crippen LogP contribution in [0, 0.1) is 5.92 Å². The van der Waals surface area contributed by atoms with Gasteiger partial charge in [-0.2, -0.15) is 0 Å². The third-order valence-corrected chi connectivity index (χ3v) is 4.25. The maximum absolute atomic E-state index is 12.9. The van der Waals surface area contributed by atoms with Crippen molar-refractivity contribution in [3.8, 4) is 0 Å². The summed E-state index contributed by atoms with van der Waals surface area (Å²) in [6.45, 7) is 11.9. The fourth-order valence-electron chi connectivity index (χ4n) is 2.88. The largest absolute Gasteiger partial charge is 0.467 e. The first-order chi connectivity index (χ1) is 15.0. The predicted octanol–water partition coefficient (Wildman–Crippen LogP) is 1.81. The van der Waals surface area contributed by atoms with Crippen LogP contribution in [0.2, 0.25) is 0 Å². The van der Waals surface area contributed by atoms with Crippen molar-refractivity contribution in [3.63, 3.8) is 0 Å². The summed E-state index contributed by atoms with van der Waals surface area (Å²) >= 11 is 0. The van der Waals surface area contributed by atoms with Crippen LogP contribution < -0.4 is 11.1 Å². The summed E-state index contributed by atoms with van der Waals surface area (Å²) in [5, 5.41) is 2.55. The molecule has 3 N–H and O–H groups in total. The summed E-state index contributed by atoms with van der Waals surface area (Å²) in [5.41, 5.74) is 4.34. The molecule has 33 heavy (non-hydrogen) atoms. The van der Waals surface area contributed by atoms with Gasteiger partial charge < -0.3 is 25.3 Å². The van der Waals surface area contributed by atoms with Gasteiger partial charge in [-0.05, 0) is 48.0 Å². The molecule has 0 aromatic rings. The molecule has 0 saturated heterocycles. The zero-order valence-electron chi connectivity index (χ0n) is 21.1. The van der Waals surface area contributed by atoms with E-state index in [1.807, 2.05) is 6.92 Å². The minimum absolute atomic E-state index is 0.323. The number of methoxy groups -OCH3 is 1. The molecule has 0 heterocycles. The maximum atomic E-state index is 12.9. The van der Waals surface area contributed by atoms with Gasteiger partial charge >= 0.3 is 17.9 Å². The monoisotopic (exact) mass is 472 g/mol. The molecular weight excluding hydrogens is 432 g/mol. The number of hydrogen-bond acceptors (Lipinski definition) is 9. The van der Waals surface area contributed by atoms with E-state index in [1.54, 1.807) is 41.5 Å². The number of hydrogen-bond donors (Lipinski definition) is 2. The highest BCUT2D eigenvalue weighted by atomic mass is 16.6. The van der Waals surface area contributed by atoms with Crippen LogP contribution in [-0.2, 0) is 38.2 Å². The topological polar surface area (TPSA) is 151 Å². The van der Waals surface area contributed by atoms with Gasteiger partial charge in [-0.1, -0.05) is 13.3 Å². The van der Waals surface area contributed by atoms with Crippen molar-refractivity contribution in [3.05, 3.63) is 0 Å². The van der Waals surface area contributed by atoms with Gasteiger partial charge in [0.15, 0.2) is 5.78 Å². The summed E-state index contributed by atoms with van der Waals surface area (Å²) in [6, 6.07) is -2.12. The first kappa shape index (κ1) is 30.5. The molecule has 0 radical (unpaired) electrons. The van der Waals surface area contributed by atoms with Crippen LogP contribution in [0.1, 0.15) is 80.6 Å². The van der Waals surface area contributed by atoms with E-state index in [4.69, 9.17) is 19.9 Å². The quantitative estimate of drug-likeness (QED) is 0.320. The van der Waals surface area contributed by atoms with Crippen molar-refractivity contribution >= 4 is 29.6 Å². The molecule has 0 rings (SSSR count). The lowest BCUT2D eigenvalue weighted by atomic mass is 9.93. The minimum atomic E-state index is -1.21. The van der Waals surface area contributed by atoms with E-state index in [0.717, 1.165) is 0 Å². The molecule has 3 atom stereocenters. The lowest BCUT2D eigenvalue weighted by Crippen LogP contribution is -2.46. The van der Waals surface area contributed by atoms with Crippen molar-refractivity contribution in [2.75, 3.05) is 7.11 Å². The number of esters is 3. The summed E-state index contributed by atoms with van der Waals surface area (Å²) < 4.78 is 15.2. The van der Waals surface area contributed by atoms with Gasteiger partial charge in [0, 0.05) is 6.42 Å². The molecule has 0 fully saturated rings. The van der Waals surface area contributed by atoms with E-state index in [-0.39, 0.29) is 6.42 Å². The summed E-state index contributed by atoms with van der Waals surface area (Å²) in [4.78, 5) is 61.9. The smallest absolute Gasteiger partial charge is 0.328 e. The predicted molar refractivity (Wildman–Crippen MR) is 121 cm³/mol. The van der Waals surface area contributed by atoms with Gasteiger partial charge in [-0.3, -0.25) is 19.2 Å². The molecule has 0 aliphatic rings. The molecule has 0 unspecified atom stereocenters. The molecular formula is C23H40N2O8. The summed E-state index contributed by atoms with van der Waals surface area (Å²) in [5.74, 6) is -4.36. The Balaban J connectivity index is 5.46. The van der Waals surface area contributed by atoms with E-state index < -0.39 is 71.6 Å². The summed E-state index contributed by atoms with van der Waals surface area (Å²) in [6.07, 6.45) is -0.249. The van der Waals surface area contributed by atoms with Gasteiger partial charge in [0.2, 0.25) is 5.91 Å². The Labute approximate surface area is 196 Å². The number of rotatable bonds is 12. The van der Waals surface area contributed by atoms with E-state index >= 15 is 0 Å². The highest BCUT2D eigenvalue weighted by Crippen LogP contribution is 2.18. The van der Waals surface area contributed by atoms with Gasteiger partial charge in [0.1, 0.15) is 17.2 Å². The third kappa shape index (κ3) is 13.6. The Hall–Kier alpha value is -2.49. The Morgan fingerprint density at radius 2 is 1.33 bits per heavy atom. The molecule has 1 amide bonds. The van der Waals surface area contributed by atoms with Crippen LogP contribution in [0.15, 0.2) is 0 Å². The SMILES string of the molecule is CCC[C@H](NC(=O)[C@H](CC(=O)OC(C)(C)C)CC(=O)[C@@H](N)CC(=O)OC(C)(C)C)C(=O)OC. The minimum Gasteiger partial charge on any atom is -0.467 e. The normalized spacial score (nSPS) is 14.5. The Bertz CT molecular complexity index is 706. The number of carbonyl (C=O) groups is 5. The van der Waals surface area contributed by atoms with Crippen LogP contribution in [0.4, 0.5) is 0 Å². The fourth-order valence-corrected chi connectivity index (χ4v) is 2.88. The van der Waals surface area contributed by atoms with E-state index in [9.17, 15) is 24.0 Å². The number of nitrogens with two attached hydrogens (primary N) is 1. The zero-order chi connectivity index (χ0) is 26.0. The molecule has 10 heteroatoms. The average molecular weight is 473 g/mol. The molecule has 190 valence electrons. The van der Waals surface area contributed by atoms with Gasteiger partial charge in [-0.15, -0.1) is 0 Å². The number of ketones is 1. The molecule has 0 saturated carbocycles. The first-order valence-electron chi connectivity index (χ1n) is 11.1. The van der Waals surface area contributed by atoms with Crippen LogP contribution >= 0.6 is 0 Å². The van der Waals surface area contributed by atoms with Crippen LogP contribution in [0.3, 0.4) is 0 Å². The molecule has 0 bridgehead atoms. The molecule has 10 nitrogen and oxygen atoms in total. The lowest BCUT2D eigenvalue weighted by Gasteiger charge is -2.24. The zero-order valence-corrected chi connectivity index (χ0v) is 21.1. The molecule has 0 spiro atoms. The summed E-state index contributed by atoms with van der Waals surface area (Å²) in [7, 11) is 1.20. The second-order valence-corrected chi connectivity index (χ2v) is 9.93. The maximum Gasteiger partial charge on any atom is 0.328 e. The fraction of sp³-hybridized carbons (Fsp3) is 0.783. The van der Waals surface area contributed by atoms with Crippen LogP contribution in [0.25, 0.3) is 0 Å². The molecule has 0 aliphatic heterocycles. The van der Waals surface area contributed by atoms with Gasteiger partial charge in [0.05, 0.1) is 31.9 Å². The van der Waals surface area contributed by atoms with Crippen molar-refractivity contribution in [2.45, 2.75) is 104 Å². The number of ether oxygens (including phenoxy) is 3. The van der Waals surface area contributed by atoms with Crippen molar-refractivity contribution in [1.29, 1.82) is 0 Å². The standard InChI is InChI=1S/C23H40N2O8/c1-9-10-16(21(30)31-8)25-20(29)14(12-18(27)32-22(2,3)4)11-17(26)15(24)13-19(28)33-23(5,6)7/h14-16H,9-13,24H2,1-8H3,(H,25,29)/t14-,15-,16-/m0/s1. The van der Waals surface area contributed by atoms with Gasteiger partial charge in [0.25, 0.3) is 0 Å². The lowest BCUT2D eigenvalue weighted by molar-refractivity contribution is -0.158. The number of nitrogens with one attached hydrogen (secondary N) is 1. The average Bonchev–Trinajstić information content (AvgIpc) is 2.63. The van der Waals surface area contributed by atoms with Gasteiger partial charge in [-0.25, -0.2) is 4.79 Å². The van der Waals surface area contributed by atoms with E-state index in [2.05, 4.69) is 5.32 Å². The third-order valence-electron chi connectivity index (χ3n) is 4.25. The molecule has 0 aromatic heterocycles.